The molecule has 1 saturated heterocycles. The van der Waals surface area contributed by atoms with Crippen molar-refractivity contribution in [2.45, 2.75) is 33.1 Å². The number of para-hydroxylation sites is 1. The van der Waals surface area contributed by atoms with Gasteiger partial charge >= 0.3 is 11.8 Å². The summed E-state index contributed by atoms with van der Waals surface area (Å²) in [4.78, 5) is 26.8. The maximum Gasteiger partial charge on any atom is 0.314 e. The van der Waals surface area contributed by atoms with Crippen molar-refractivity contribution in [3.05, 3.63) is 53.6 Å². The lowest BCUT2D eigenvalue weighted by atomic mass is 10.1. The Bertz CT molecular complexity index is 793. The lowest BCUT2D eigenvalue weighted by molar-refractivity contribution is -0.133. The van der Waals surface area contributed by atoms with E-state index in [1.807, 2.05) is 56.3 Å². The lowest BCUT2D eigenvalue weighted by Crippen LogP contribution is -2.29. The van der Waals surface area contributed by atoms with Crippen LogP contribution in [0.3, 0.4) is 0 Å². The fourth-order valence-corrected chi connectivity index (χ4v) is 3.29. The molecule has 2 N–H and O–H groups in total. The van der Waals surface area contributed by atoms with E-state index in [1.54, 1.807) is 0 Å². The fraction of sp³-hybridized carbons (Fsp3) is 0.333. The van der Waals surface area contributed by atoms with Crippen LogP contribution in [0.25, 0.3) is 0 Å². The first-order valence-electron chi connectivity index (χ1n) is 9.14. The molecular formula is C21H25N3O2. The molecule has 1 aliphatic heterocycles. The number of nitrogens with zero attached hydrogens (tertiary/aromatic N) is 1. The number of carbonyl (C=O) groups is 2. The van der Waals surface area contributed by atoms with Gasteiger partial charge < -0.3 is 15.5 Å². The zero-order chi connectivity index (χ0) is 18.5. The zero-order valence-corrected chi connectivity index (χ0v) is 15.3. The predicted octanol–water partition coefficient (Wildman–Crippen LogP) is 3.73. The van der Waals surface area contributed by atoms with Gasteiger partial charge in [-0.1, -0.05) is 25.1 Å². The Balaban J connectivity index is 1.63. The quantitative estimate of drug-likeness (QED) is 0.825. The van der Waals surface area contributed by atoms with Crippen molar-refractivity contribution in [2.75, 3.05) is 28.6 Å². The van der Waals surface area contributed by atoms with Crippen molar-refractivity contribution < 1.29 is 9.59 Å². The van der Waals surface area contributed by atoms with Crippen LogP contribution in [0.5, 0.6) is 0 Å². The van der Waals surface area contributed by atoms with Crippen LogP contribution in [0.2, 0.25) is 0 Å². The Morgan fingerprint density at radius 3 is 2.27 bits per heavy atom. The van der Waals surface area contributed by atoms with Gasteiger partial charge in [0.05, 0.1) is 0 Å². The normalized spacial score (nSPS) is 13.5. The van der Waals surface area contributed by atoms with Gasteiger partial charge in [-0.2, -0.15) is 0 Å². The molecule has 2 aromatic carbocycles. The summed E-state index contributed by atoms with van der Waals surface area (Å²) >= 11 is 0. The van der Waals surface area contributed by atoms with E-state index >= 15 is 0 Å². The minimum Gasteiger partial charge on any atom is -0.372 e. The first-order valence-corrected chi connectivity index (χ1v) is 9.14. The van der Waals surface area contributed by atoms with Crippen LogP contribution >= 0.6 is 0 Å². The van der Waals surface area contributed by atoms with E-state index in [0.29, 0.717) is 5.69 Å². The van der Waals surface area contributed by atoms with E-state index < -0.39 is 11.8 Å². The second-order valence-electron chi connectivity index (χ2n) is 6.61. The first-order chi connectivity index (χ1) is 12.6. The molecule has 0 spiro atoms. The molecule has 0 saturated carbocycles. The molecule has 3 rings (SSSR count). The molecule has 2 amide bonds. The summed E-state index contributed by atoms with van der Waals surface area (Å²) in [5.41, 5.74) is 4.45. The van der Waals surface area contributed by atoms with Gasteiger partial charge in [0.25, 0.3) is 0 Å². The molecule has 0 atom stereocenters. The summed E-state index contributed by atoms with van der Waals surface area (Å²) in [7, 11) is 0. The molecule has 136 valence electrons. The minimum atomic E-state index is -0.663. The monoisotopic (exact) mass is 351 g/mol. The van der Waals surface area contributed by atoms with Gasteiger partial charge in [0.2, 0.25) is 0 Å². The van der Waals surface area contributed by atoms with Crippen molar-refractivity contribution in [1.82, 2.24) is 0 Å². The van der Waals surface area contributed by atoms with Gasteiger partial charge in [-0.15, -0.1) is 0 Å². The second kappa shape index (κ2) is 8.04. The maximum absolute atomic E-state index is 12.3. The minimum absolute atomic E-state index is 0.619. The van der Waals surface area contributed by atoms with Gasteiger partial charge in [0.15, 0.2) is 0 Å². The van der Waals surface area contributed by atoms with Crippen LogP contribution in [-0.2, 0) is 16.0 Å². The van der Waals surface area contributed by atoms with Crippen LogP contribution in [0.4, 0.5) is 17.1 Å². The van der Waals surface area contributed by atoms with Crippen molar-refractivity contribution >= 4 is 28.9 Å². The predicted molar refractivity (Wildman–Crippen MR) is 106 cm³/mol. The maximum atomic E-state index is 12.3. The molecule has 1 fully saturated rings. The molecule has 5 nitrogen and oxygen atoms in total. The molecular weight excluding hydrogens is 326 g/mol. The van der Waals surface area contributed by atoms with Crippen molar-refractivity contribution in [3.8, 4) is 0 Å². The van der Waals surface area contributed by atoms with Crippen LogP contribution in [0.15, 0.2) is 42.5 Å². The summed E-state index contributed by atoms with van der Waals surface area (Å²) in [6, 6.07) is 13.5. The third-order valence-corrected chi connectivity index (χ3v) is 4.78. The highest BCUT2D eigenvalue weighted by molar-refractivity contribution is 6.43. The van der Waals surface area contributed by atoms with Crippen molar-refractivity contribution in [3.63, 3.8) is 0 Å². The van der Waals surface area contributed by atoms with Gasteiger partial charge in [-0.3, -0.25) is 9.59 Å². The van der Waals surface area contributed by atoms with E-state index in [9.17, 15) is 9.59 Å². The van der Waals surface area contributed by atoms with Crippen molar-refractivity contribution in [2.24, 2.45) is 0 Å². The van der Waals surface area contributed by atoms with Crippen molar-refractivity contribution in [1.29, 1.82) is 0 Å². The molecule has 0 aromatic heterocycles. The molecule has 26 heavy (non-hydrogen) atoms. The Morgan fingerprint density at radius 2 is 1.62 bits per heavy atom. The summed E-state index contributed by atoms with van der Waals surface area (Å²) < 4.78 is 0. The number of benzene rings is 2. The van der Waals surface area contributed by atoms with Crippen LogP contribution < -0.4 is 15.5 Å². The summed E-state index contributed by atoms with van der Waals surface area (Å²) in [5.74, 6) is -1.32. The molecule has 2 aromatic rings. The van der Waals surface area contributed by atoms with Crippen LogP contribution in [-0.4, -0.2) is 24.9 Å². The Kier molecular flexibility index (Phi) is 5.56. The highest BCUT2D eigenvalue weighted by atomic mass is 16.2. The number of carbonyl (C=O) groups excluding carboxylic acids is 2. The summed E-state index contributed by atoms with van der Waals surface area (Å²) in [6.07, 6.45) is 3.23. The van der Waals surface area contributed by atoms with Gasteiger partial charge in [0.1, 0.15) is 0 Å². The topological polar surface area (TPSA) is 61.4 Å². The molecule has 0 unspecified atom stereocenters. The number of aryl methyl sites for hydroxylation is 2. The van der Waals surface area contributed by atoms with E-state index in [0.717, 1.165) is 42.0 Å². The van der Waals surface area contributed by atoms with E-state index in [2.05, 4.69) is 15.5 Å². The average Bonchev–Trinajstić information content (AvgIpc) is 3.18. The SMILES string of the molecule is CCc1cccc(C)c1NC(=O)C(=O)Nc1ccc(N2CCCC2)cc1. The standard InChI is InChI=1S/C21H25N3O2/c1-3-16-8-6-7-15(2)19(16)23-21(26)20(25)22-17-9-11-18(12-10-17)24-13-4-5-14-24/h6-12H,3-5,13-14H2,1-2H3,(H,22,25)(H,23,26). The molecule has 0 radical (unpaired) electrons. The lowest BCUT2D eigenvalue weighted by Gasteiger charge is -2.17. The first kappa shape index (κ1) is 18.0. The Hall–Kier alpha value is -2.82. The van der Waals surface area contributed by atoms with Crippen LogP contribution in [0, 0.1) is 6.92 Å². The Morgan fingerprint density at radius 1 is 0.962 bits per heavy atom. The third-order valence-electron chi connectivity index (χ3n) is 4.78. The Labute approximate surface area is 154 Å². The number of rotatable bonds is 4. The average molecular weight is 351 g/mol. The number of amides is 2. The van der Waals surface area contributed by atoms with E-state index in [1.165, 1.54) is 12.8 Å². The number of hydrogen-bond acceptors (Lipinski definition) is 3. The van der Waals surface area contributed by atoms with Crippen LogP contribution in [0.1, 0.15) is 30.9 Å². The molecule has 0 aliphatic carbocycles. The number of nitrogens with one attached hydrogen (secondary N) is 2. The molecule has 0 bridgehead atoms. The van der Waals surface area contributed by atoms with E-state index in [-0.39, 0.29) is 0 Å². The second-order valence-corrected chi connectivity index (χ2v) is 6.61. The van der Waals surface area contributed by atoms with E-state index in [4.69, 9.17) is 0 Å². The zero-order valence-electron chi connectivity index (χ0n) is 15.3. The molecule has 1 aliphatic rings. The number of hydrogen-bond donors (Lipinski definition) is 2. The summed E-state index contributed by atoms with van der Waals surface area (Å²) in [5, 5.41) is 5.41. The van der Waals surface area contributed by atoms with Gasteiger partial charge in [-0.25, -0.2) is 0 Å². The summed E-state index contributed by atoms with van der Waals surface area (Å²) in [6.45, 7) is 6.09. The smallest absolute Gasteiger partial charge is 0.314 e. The highest BCUT2D eigenvalue weighted by Gasteiger charge is 2.17. The largest absolute Gasteiger partial charge is 0.372 e. The third kappa shape index (κ3) is 4.04. The fourth-order valence-electron chi connectivity index (χ4n) is 3.29. The highest BCUT2D eigenvalue weighted by Crippen LogP contribution is 2.23. The molecule has 1 heterocycles. The van der Waals surface area contributed by atoms with Gasteiger partial charge in [0, 0.05) is 30.2 Å². The molecule has 5 heteroatoms. The van der Waals surface area contributed by atoms with Gasteiger partial charge in [-0.05, 0) is 61.6 Å². The number of anilines is 3.